The number of nitrogens with zero attached hydrogens (tertiary/aromatic N) is 1. The fourth-order valence-electron chi connectivity index (χ4n) is 3.26. The van der Waals surface area contributed by atoms with E-state index in [2.05, 4.69) is 0 Å². The molecule has 0 aromatic carbocycles. The fraction of sp³-hybridized carbons (Fsp3) is 0.857. The van der Waals surface area contributed by atoms with Gasteiger partial charge in [0.25, 0.3) is 0 Å². The predicted octanol–water partition coefficient (Wildman–Crippen LogP) is 0.915. The zero-order chi connectivity index (χ0) is 13.8. The summed E-state index contributed by atoms with van der Waals surface area (Å²) in [4.78, 5) is 25.9. The van der Waals surface area contributed by atoms with Gasteiger partial charge in [0.05, 0.1) is 13.0 Å². The van der Waals surface area contributed by atoms with Crippen molar-refractivity contribution in [1.29, 1.82) is 0 Å². The Balaban J connectivity index is 1.98. The molecule has 5 nitrogen and oxygen atoms in total. The van der Waals surface area contributed by atoms with Gasteiger partial charge in [-0.1, -0.05) is 19.3 Å². The molecular weight excluding hydrogens is 244 g/mol. The number of likely N-dealkylation sites (tertiary alicyclic amines) is 1. The number of piperidine rings is 1. The van der Waals surface area contributed by atoms with Crippen LogP contribution in [0.3, 0.4) is 0 Å². The van der Waals surface area contributed by atoms with Crippen molar-refractivity contribution in [2.75, 3.05) is 20.2 Å². The Hall–Kier alpha value is -1.10. The summed E-state index contributed by atoms with van der Waals surface area (Å²) in [6.45, 7) is 1.04. The van der Waals surface area contributed by atoms with Crippen LogP contribution in [0.5, 0.6) is 0 Å². The van der Waals surface area contributed by atoms with Gasteiger partial charge in [0.15, 0.2) is 0 Å². The van der Waals surface area contributed by atoms with Crippen LogP contribution in [0.25, 0.3) is 0 Å². The Kier molecular flexibility index (Phi) is 4.80. The van der Waals surface area contributed by atoms with Gasteiger partial charge in [0.2, 0.25) is 5.91 Å². The van der Waals surface area contributed by atoms with Crippen LogP contribution in [0.15, 0.2) is 0 Å². The van der Waals surface area contributed by atoms with Crippen LogP contribution in [0.1, 0.15) is 38.5 Å². The van der Waals surface area contributed by atoms with E-state index in [1.54, 1.807) is 4.90 Å². The SMILES string of the molecule is COC(=O)C1CC(N)CN(C(=O)C2CCCCC2)C1. The second-order valence-corrected chi connectivity index (χ2v) is 5.79. The number of methoxy groups -OCH3 is 1. The first-order valence-electron chi connectivity index (χ1n) is 7.24. The van der Waals surface area contributed by atoms with E-state index in [1.807, 2.05) is 0 Å². The molecule has 5 heteroatoms. The van der Waals surface area contributed by atoms with Crippen LogP contribution in [-0.2, 0) is 14.3 Å². The normalized spacial score (nSPS) is 29.1. The monoisotopic (exact) mass is 268 g/mol. The summed E-state index contributed by atoms with van der Waals surface area (Å²) in [5, 5.41) is 0. The quantitative estimate of drug-likeness (QED) is 0.756. The Morgan fingerprint density at radius 2 is 1.79 bits per heavy atom. The highest BCUT2D eigenvalue weighted by molar-refractivity contribution is 5.80. The Morgan fingerprint density at radius 1 is 1.11 bits per heavy atom. The minimum Gasteiger partial charge on any atom is -0.469 e. The molecule has 0 spiro atoms. The van der Waals surface area contributed by atoms with Crippen molar-refractivity contribution in [2.45, 2.75) is 44.6 Å². The van der Waals surface area contributed by atoms with Crippen molar-refractivity contribution in [3.8, 4) is 0 Å². The number of carbonyl (C=O) groups is 2. The van der Waals surface area contributed by atoms with E-state index in [0.717, 1.165) is 25.7 Å². The molecule has 2 rings (SSSR count). The summed E-state index contributed by atoms with van der Waals surface area (Å²) in [7, 11) is 1.38. The lowest BCUT2D eigenvalue weighted by Crippen LogP contribution is -2.53. The third-order valence-electron chi connectivity index (χ3n) is 4.28. The van der Waals surface area contributed by atoms with Gasteiger partial charge in [-0.25, -0.2) is 0 Å². The first kappa shape index (κ1) is 14.3. The van der Waals surface area contributed by atoms with E-state index in [4.69, 9.17) is 10.5 Å². The van der Waals surface area contributed by atoms with Gasteiger partial charge in [-0.05, 0) is 19.3 Å². The van der Waals surface area contributed by atoms with Crippen LogP contribution < -0.4 is 5.73 Å². The standard InChI is InChI=1S/C14H24N2O3/c1-19-14(18)11-7-12(15)9-16(8-11)13(17)10-5-3-2-4-6-10/h10-12H,2-9,15H2,1H3. The van der Waals surface area contributed by atoms with Gasteiger partial charge < -0.3 is 15.4 Å². The number of nitrogens with two attached hydrogens (primary N) is 1. The highest BCUT2D eigenvalue weighted by Gasteiger charge is 2.35. The molecular formula is C14H24N2O3. The van der Waals surface area contributed by atoms with Crippen molar-refractivity contribution in [1.82, 2.24) is 4.90 Å². The minimum atomic E-state index is -0.263. The molecule has 2 atom stereocenters. The van der Waals surface area contributed by atoms with Crippen molar-refractivity contribution in [3.63, 3.8) is 0 Å². The average Bonchev–Trinajstić information content (AvgIpc) is 2.45. The molecule has 1 saturated heterocycles. The Morgan fingerprint density at radius 3 is 2.42 bits per heavy atom. The summed E-state index contributed by atoms with van der Waals surface area (Å²) in [6, 6.07) is -0.120. The molecule has 2 unspecified atom stereocenters. The summed E-state index contributed by atoms with van der Waals surface area (Å²) < 4.78 is 4.78. The number of esters is 1. The molecule has 0 aromatic heterocycles. The van der Waals surface area contributed by atoms with E-state index >= 15 is 0 Å². The molecule has 1 aliphatic carbocycles. The van der Waals surface area contributed by atoms with E-state index in [0.29, 0.717) is 19.5 Å². The molecule has 0 radical (unpaired) electrons. The van der Waals surface area contributed by atoms with Crippen molar-refractivity contribution in [3.05, 3.63) is 0 Å². The van der Waals surface area contributed by atoms with Gasteiger partial charge in [0, 0.05) is 25.0 Å². The third-order valence-corrected chi connectivity index (χ3v) is 4.28. The molecule has 19 heavy (non-hydrogen) atoms. The van der Waals surface area contributed by atoms with Gasteiger partial charge in [-0.2, -0.15) is 0 Å². The van der Waals surface area contributed by atoms with E-state index in [9.17, 15) is 9.59 Å². The van der Waals surface area contributed by atoms with Gasteiger partial charge in [-0.15, -0.1) is 0 Å². The molecule has 1 aliphatic heterocycles. The maximum atomic E-state index is 12.5. The first-order valence-corrected chi connectivity index (χ1v) is 7.24. The molecule has 0 bridgehead atoms. The van der Waals surface area contributed by atoms with Crippen LogP contribution in [0.4, 0.5) is 0 Å². The zero-order valence-electron chi connectivity index (χ0n) is 11.6. The van der Waals surface area contributed by atoms with E-state index in [1.165, 1.54) is 13.5 Å². The number of ether oxygens (including phenoxy) is 1. The molecule has 1 amide bonds. The van der Waals surface area contributed by atoms with Crippen LogP contribution in [-0.4, -0.2) is 43.0 Å². The third kappa shape index (κ3) is 3.47. The van der Waals surface area contributed by atoms with Crippen LogP contribution in [0.2, 0.25) is 0 Å². The smallest absolute Gasteiger partial charge is 0.310 e. The number of hydrogen-bond donors (Lipinski definition) is 1. The topological polar surface area (TPSA) is 72.6 Å². The van der Waals surface area contributed by atoms with E-state index in [-0.39, 0.29) is 29.8 Å². The lowest BCUT2D eigenvalue weighted by atomic mass is 9.86. The largest absolute Gasteiger partial charge is 0.469 e. The number of carbonyl (C=O) groups excluding carboxylic acids is 2. The van der Waals surface area contributed by atoms with Gasteiger partial charge >= 0.3 is 5.97 Å². The number of hydrogen-bond acceptors (Lipinski definition) is 4. The van der Waals surface area contributed by atoms with Crippen LogP contribution in [0, 0.1) is 11.8 Å². The summed E-state index contributed by atoms with van der Waals surface area (Å²) in [6.07, 6.45) is 6.07. The van der Waals surface area contributed by atoms with Crippen molar-refractivity contribution >= 4 is 11.9 Å². The maximum absolute atomic E-state index is 12.5. The minimum absolute atomic E-state index is 0.120. The highest BCUT2D eigenvalue weighted by atomic mass is 16.5. The maximum Gasteiger partial charge on any atom is 0.310 e. The summed E-state index contributed by atoms with van der Waals surface area (Å²) >= 11 is 0. The highest BCUT2D eigenvalue weighted by Crippen LogP contribution is 2.27. The lowest BCUT2D eigenvalue weighted by Gasteiger charge is -2.37. The molecule has 108 valence electrons. The van der Waals surface area contributed by atoms with Crippen LogP contribution >= 0.6 is 0 Å². The number of amides is 1. The van der Waals surface area contributed by atoms with Gasteiger partial charge in [0.1, 0.15) is 0 Å². The zero-order valence-corrected chi connectivity index (χ0v) is 11.6. The van der Waals surface area contributed by atoms with E-state index < -0.39 is 0 Å². The Bertz CT molecular complexity index is 340. The summed E-state index contributed by atoms with van der Waals surface area (Å²) in [5.41, 5.74) is 5.97. The second-order valence-electron chi connectivity index (χ2n) is 5.79. The molecule has 2 fully saturated rings. The van der Waals surface area contributed by atoms with Gasteiger partial charge in [-0.3, -0.25) is 9.59 Å². The predicted molar refractivity (Wildman–Crippen MR) is 71.3 cm³/mol. The molecule has 0 aromatic rings. The molecule has 1 heterocycles. The fourth-order valence-corrected chi connectivity index (χ4v) is 3.26. The van der Waals surface area contributed by atoms with Crippen molar-refractivity contribution in [2.24, 2.45) is 17.6 Å². The first-order chi connectivity index (χ1) is 9.11. The second kappa shape index (κ2) is 6.37. The molecule has 2 N–H and O–H groups in total. The molecule has 2 aliphatic rings. The molecule has 1 saturated carbocycles. The lowest BCUT2D eigenvalue weighted by molar-refractivity contribution is -0.150. The van der Waals surface area contributed by atoms with Crippen molar-refractivity contribution < 1.29 is 14.3 Å². The Labute approximate surface area is 114 Å². The number of rotatable bonds is 2. The average molecular weight is 268 g/mol. The summed E-state index contributed by atoms with van der Waals surface area (Å²) in [5.74, 6) is -0.195.